The molecule has 1 aliphatic rings. The zero-order valence-electron chi connectivity index (χ0n) is 7.63. The largest absolute Gasteiger partial charge is 0.365 e. The van der Waals surface area contributed by atoms with E-state index < -0.39 is 0 Å². The first-order valence-corrected chi connectivity index (χ1v) is 4.90. The lowest BCUT2D eigenvalue weighted by Crippen LogP contribution is -2.27. The van der Waals surface area contributed by atoms with Crippen molar-refractivity contribution in [2.75, 3.05) is 18.0 Å². The van der Waals surface area contributed by atoms with Gasteiger partial charge in [-0.05, 0) is 30.7 Å². The Balaban J connectivity index is 2.27. The third-order valence-corrected chi connectivity index (χ3v) is 2.47. The first-order valence-electron chi connectivity index (χ1n) is 4.52. The van der Waals surface area contributed by atoms with Gasteiger partial charge in [0.15, 0.2) is 0 Å². The van der Waals surface area contributed by atoms with Gasteiger partial charge in [0.25, 0.3) is 0 Å². The Kier molecular flexibility index (Phi) is 2.73. The van der Waals surface area contributed by atoms with Gasteiger partial charge in [0, 0.05) is 18.1 Å². The maximum Gasteiger partial charge on any atom is 0.147 e. The smallest absolute Gasteiger partial charge is 0.147 e. The Hall–Kier alpha value is -1.02. The van der Waals surface area contributed by atoms with E-state index in [1.54, 1.807) is 12.1 Å². The first kappa shape index (κ1) is 9.53. The minimum Gasteiger partial charge on any atom is -0.365 e. The molecule has 0 aliphatic carbocycles. The lowest BCUT2D eigenvalue weighted by Gasteiger charge is -2.25. The van der Waals surface area contributed by atoms with Crippen LogP contribution >= 0.6 is 11.6 Å². The minimum atomic E-state index is -0.257. The summed E-state index contributed by atoms with van der Waals surface area (Å²) in [6, 6.07) is 4.78. The average Bonchev–Trinajstić information content (AvgIpc) is 2.19. The van der Waals surface area contributed by atoms with Gasteiger partial charge in [-0.25, -0.2) is 4.39 Å². The zero-order chi connectivity index (χ0) is 9.97. The quantitative estimate of drug-likeness (QED) is 0.689. The fourth-order valence-corrected chi connectivity index (χ4v) is 1.68. The minimum absolute atomic E-state index is 0.257. The summed E-state index contributed by atoms with van der Waals surface area (Å²) in [4.78, 5) is 1.97. The van der Waals surface area contributed by atoms with Crippen LogP contribution in [-0.4, -0.2) is 13.1 Å². The van der Waals surface area contributed by atoms with E-state index in [9.17, 15) is 4.39 Å². The van der Waals surface area contributed by atoms with Gasteiger partial charge >= 0.3 is 0 Å². The number of anilines is 1. The molecule has 14 heavy (non-hydrogen) atoms. The van der Waals surface area contributed by atoms with Crippen LogP contribution in [0, 0.1) is 11.9 Å². The molecule has 0 bridgehead atoms. The number of halogens is 2. The highest BCUT2D eigenvalue weighted by molar-refractivity contribution is 6.30. The van der Waals surface area contributed by atoms with E-state index in [0.29, 0.717) is 10.7 Å². The van der Waals surface area contributed by atoms with Crippen molar-refractivity contribution in [3.05, 3.63) is 41.2 Å². The molecule has 3 heteroatoms. The van der Waals surface area contributed by atoms with Crippen LogP contribution in [0.5, 0.6) is 0 Å². The SMILES string of the molecule is Fc1cc(Cl)ccc1N1CC=[C]CC1. The van der Waals surface area contributed by atoms with Gasteiger partial charge in [-0.2, -0.15) is 0 Å². The monoisotopic (exact) mass is 210 g/mol. The summed E-state index contributed by atoms with van der Waals surface area (Å²) < 4.78 is 13.5. The molecule has 73 valence electrons. The van der Waals surface area contributed by atoms with Crippen molar-refractivity contribution >= 4 is 17.3 Å². The topological polar surface area (TPSA) is 3.24 Å². The second-order valence-electron chi connectivity index (χ2n) is 3.20. The molecule has 0 amide bonds. The van der Waals surface area contributed by atoms with Crippen LogP contribution in [-0.2, 0) is 0 Å². The molecule has 1 heterocycles. The average molecular weight is 211 g/mol. The van der Waals surface area contributed by atoms with Crippen molar-refractivity contribution in [2.45, 2.75) is 6.42 Å². The van der Waals surface area contributed by atoms with E-state index in [1.807, 2.05) is 11.0 Å². The lowest BCUT2D eigenvalue weighted by atomic mass is 10.2. The summed E-state index contributed by atoms with van der Waals surface area (Å²) in [5.41, 5.74) is 0.618. The van der Waals surface area contributed by atoms with Crippen LogP contribution in [0.4, 0.5) is 10.1 Å². The third-order valence-electron chi connectivity index (χ3n) is 2.23. The fraction of sp³-hybridized carbons (Fsp3) is 0.273. The van der Waals surface area contributed by atoms with E-state index in [-0.39, 0.29) is 5.82 Å². The van der Waals surface area contributed by atoms with Crippen LogP contribution < -0.4 is 4.90 Å². The molecule has 1 nitrogen and oxygen atoms in total. The van der Waals surface area contributed by atoms with E-state index in [2.05, 4.69) is 6.08 Å². The van der Waals surface area contributed by atoms with Crippen LogP contribution in [0.25, 0.3) is 0 Å². The van der Waals surface area contributed by atoms with Crippen molar-refractivity contribution in [3.8, 4) is 0 Å². The zero-order valence-corrected chi connectivity index (χ0v) is 8.39. The normalized spacial score (nSPS) is 16.0. The van der Waals surface area contributed by atoms with E-state index in [0.717, 1.165) is 19.5 Å². The van der Waals surface area contributed by atoms with Gasteiger partial charge in [0.2, 0.25) is 0 Å². The van der Waals surface area contributed by atoms with Gasteiger partial charge in [-0.3, -0.25) is 0 Å². The summed E-state index contributed by atoms with van der Waals surface area (Å²) in [6.45, 7) is 1.54. The van der Waals surface area contributed by atoms with Crippen LogP contribution in [0.1, 0.15) is 6.42 Å². The Morgan fingerprint density at radius 1 is 1.43 bits per heavy atom. The molecular formula is C11H10ClFN. The molecule has 0 unspecified atom stereocenters. The predicted molar refractivity (Wildman–Crippen MR) is 56.1 cm³/mol. The van der Waals surface area contributed by atoms with Crippen LogP contribution in [0.3, 0.4) is 0 Å². The molecule has 0 spiro atoms. The van der Waals surface area contributed by atoms with Crippen LogP contribution in [0.2, 0.25) is 5.02 Å². The van der Waals surface area contributed by atoms with E-state index in [4.69, 9.17) is 11.6 Å². The van der Waals surface area contributed by atoms with Crippen LogP contribution in [0.15, 0.2) is 24.3 Å². The Labute approximate surface area is 87.8 Å². The first-order chi connectivity index (χ1) is 6.77. The number of hydrogen-bond acceptors (Lipinski definition) is 1. The molecular weight excluding hydrogens is 201 g/mol. The van der Waals surface area contributed by atoms with Gasteiger partial charge < -0.3 is 4.90 Å². The molecule has 0 fully saturated rings. The standard InChI is InChI=1S/C11H10ClFN/c12-9-4-5-11(10(13)8-9)14-6-2-1-3-7-14/h2,4-5,8H,3,6-7H2. The highest BCUT2D eigenvalue weighted by atomic mass is 35.5. The summed E-state index contributed by atoms with van der Waals surface area (Å²) in [6.07, 6.45) is 5.88. The molecule has 1 aliphatic heterocycles. The maximum absolute atomic E-state index is 13.5. The highest BCUT2D eigenvalue weighted by Crippen LogP contribution is 2.23. The summed E-state index contributed by atoms with van der Waals surface area (Å²) >= 11 is 5.68. The van der Waals surface area contributed by atoms with E-state index in [1.165, 1.54) is 6.07 Å². The molecule has 0 saturated heterocycles. The van der Waals surface area contributed by atoms with Crippen molar-refractivity contribution in [3.63, 3.8) is 0 Å². The fourth-order valence-electron chi connectivity index (χ4n) is 1.52. The maximum atomic E-state index is 13.5. The number of rotatable bonds is 1. The second kappa shape index (κ2) is 4.01. The van der Waals surface area contributed by atoms with Gasteiger partial charge in [0.05, 0.1) is 5.69 Å². The molecule has 1 radical (unpaired) electrons. The Bertz CT molecular complexity index is 362. The lowest BCUT2D eigenvalue weighted by molar-refractivity contribution is 0.618. The molecule has 2 rings (SSSR count). The van der Waals surface area contributed by atoms with Crippen molar-refractivity contribution in [2.24, 2.45) is 0 Å². The molecule has 0 aromatic heterocycles. The summed E-state index contributed by atoms with van der Waals surface area (Å²) in [5, 5.41) is 0.436. The van der Waals surface area contributed by atoms with E-state index >= 15 is 0 Å². The Morgan fingerprint density at radius 2 is 2.29 bits per heavy atom. The van der Waals surface area contributed by atoms with Gasteiger partial charge in [0.1, 0.15) is 5.82 Å². The third kappa shape index (κ3) is 1.90. The molecule has 0 N–H and O–H groups in total. The molecule has 0 saturated carbocycles. The highest BCUT2D eigenvalue weighted by Gasteiger charge is 2.11. The molecule has 1 aromatic rings. The molecule has 1 aromatic carbocycles. The van der Waals surface area contributed by atoms with Crippen molar-refractivity contribution in [1.82, 2.24) is 0 Å². The van der Waals surface area contributed by atoms with Crippen molar-refractivity contribution in [1.29, 1.82) is 0 Å². The van der Waals surface area contributed by atoms with Gasteiger partial charge in [-0.15, -0.1) is 0 Å². The number of hydrogen-bond donors (Lipinski definition) is 0. The number of benzene rings is 1. The summed E-state index contributed by atoms with van der Waals surface area (Å²) in [5.74, 6) is -0.257. The second-order valence-corrected chi connectivity index (χ2v) is 3.64. The predicted octanol–water partition coefficient (Wildman–Crippen LogP) is 3.05. The number of nitrogens with zero attached hydrogens (tertiary/aromatic N) is 1. The van der Waals surface area contributed by atoms with Crippen molar-refractivity contribution < 1.29 is 4.39 Å². The Morgan fingerprint density at radius 3 is 2.93 bits per heavy atom. The van der Waals surface area contributed by atoms with Gasteiger partial charge in [-0.1, -0.05) is 17.7 Å². The molecule has 0 atom stereocenters. The summed E-state index contributed by atoms with van der Waals surface area (Å²) in [7, 11) is 0.